The second-order valence-corrected chi connectivity index (χ2v) is 12.2. The lowest BCUT2D eigenvalue weighted by Gasteiger charge is -2.13. The summed E-state index contributed by atoms with van der Waals surface area (Å²) in [5, 5.41) is 7.70. The predicted molar refractivity (Wildman–Crippen MR) is 193 cm³/mol. The number of rotatable bonds is 3. The van der Waals surface area contributed by atoms with Crippen LogP contribution in [0.2, 0.25) is 0 Å². The van der Waals surface area contributed by atoms with Gasteiger partial charge in [-0.2, -0.15) is 0 Å². The molecule has 7 aromatic carbocycles. The molecule has 4 nitrogen and oxygen atoms in total. The summed E-state index contributed by atoms with van der Waals surface area (Å²) < 4.78 is 12.5. The molecule has 0 spiro atoms. The highest BCUT2D eigenvalue weighted by Crippen LogP contribution is 2.41. The van der Waals surface area contributed by atoms with Crippen molar-refractivity contribution < 1.29 is 8.83 Å². The van der Waals surface area contributed by atoms with E-state index in [1.54, 1.807) is 0 Å². The maximum Gasteiger partial charge on any atom is 0.161 e. The van der Waals surface area contributed by atoms with Crippen molar-refractivity contribution in [2.24, 2.45) is 0 Å². The van der Waals surface area contributed by atoms with Gasteiger partial charge in [-0.15, -0.1) is 0 Å². The molecule has 10 aromatic rings. The van der Waals surface area contributed by atoms with Gasteiger partial charge in [-0.1, -0.05) is 97.1 Å². The van der Waals surface area contributed by atoms with Crippen LogP contribution in [-0.4, -0.2) is 9.97 Å². The van der Waals surface area contributed by atoms with E-state index in [9.17, 15) is 0 Å². The third kappa shape index (κ3) is 3.95. The Morgan fingerprint density at radius 3 is 1.91 bits per heavy atom. The number of benzene rings is 7. The zero-order valence-corrected chi connectivity index (χ0v) is 25.5. The number of furan rings is 2. The monoisotopic (exact) mass is 602 g/mol. The molecule has 0 aliphatic heterocycles. The molecule has 4 heteroatoms. The van der Waals surface area contributed by atoms with Crippen molar-refractivity contribution in [3.05, 3.63) is 145 Å². The average Bonchev–Trinajstić information content (AvgIpc) is 3.69. The van der Waals surface area contributed by atoms with E-state index < -0.39 is 0 Å². The van der Waals surface area contributed by atoms with Crippen LogP contribution in [0.25, 0.3) is 99.3 Å². The standard InChI is InChI=1S/C43H26N2O2/c1-25-17-20-31(29-10-3-2-9-28(25)29)42-32-12-4-6-14-36(32)44-43(45-42)33-13-8-16-40-41(33)35-24-27(19-22-39(35)47-40)26-18-21-38-34(23-26)30-11-5-7-15-37(30)46-38/h2-24H,1H3. The number of nitrogens with zero attached hydrogens (tertiary/aromatic N) is 2. The molecule has 0 unspecified atom stereocenters. The third-order valence-corrected chi connectivity index (χ3v) is 9.45. The third-order valence-electron chi connectivity index (χ3n) is 9.45. The summed E-state index contributed by atoms with van der Waals surface area (Å²) in [4.78, 5) is 10.5. The van der Waals surface area contributed by atoms with Gasteiger partial charge in [0.2, 0.25) is 0 Å². The Hall–Kier alpha value is -6.26. The van der Waals surface area contributed by atoms with Crippen molar-refractivity contribution >= 4 is 65.6 Å². The Labute approximate surface area is 269 Å². The molecular weight excluding hydrogens is 576 g/mol. The fraction of sp³-hybridized carbons (Fsp3) is 0.0233. The number of hydrogen-bond acceptors (Lipinski definition) is 4. The van der Waals surface area contributed by atoms with Gasteiger partial charge in [-0.3, -0.25) is 0 Å². The van der Waals surface area contributed by atoms with Crippen LogP contribution in [-0.2, 0) is 0 Å². The van der Waals surface area contributed by atoms with E-state index in [2.05, 4.69) is 116 Å². The first kappa shape index (κ1) is 26.0. The summed E-state index contributed by atoms with van der Waals surface area (Å²) in [7, 11) is 0. The van der Waals surface area contributed by atoms with Crippen molar-refractivity contribution in [2.75, 3.05) is 0 Å². The highest BCUT2D eigenvalue weighted by atomic mass is 16.3. The number of aryl methyl sites for hydroxylation is 1. The molecule has 3 aromatic heterocycles. The summed E-state index contributed by atoms with van der Waals surface area (Å²) >= 11 is 0. The number of aromatic nitrogens is 2. The Bertz CT molecular complexity index is 2880. The first-order valence-corrected chi connectivity index (χ1v) is 15.8. The minimum Gasteiger partial charge on any atom is -0.456 e. The Morgan fingerprint density at radius 1 is 0.426 bits per heavy atom. The highest BCUT2D eigenvalue weighted by molar-refractivity contribution is 6.14. The van der Waals surface area contributed by atoms with E-state index in [0.29, 0.717) is 5.82 Å². The molecule has 0 bridgehead atoms. The van der Waals surface area contributed by atoms with E-state index in [4.69, 9.17) is 18.8 Å². The van der Waals surface area contributed by atoms with Gasteiger partial charge in [0.1, 0.15) is 22.3 Å². The molecule has 47 heavy (non-hydrogen) atoms. The van der Waals surface area contributed by atoms with E-state index in [1.165, 1.54) is 16.3 Å². The van der Waals surface area contributed by atoms with Gasteiger partial charge < -0.3 is 8.83 Å². The first-order chi connectivity index (χ1) is 23.2. The molecule has 0 N–H and O–H groups in total. The van der Waals surface area contributed by atoms with Gasteiger partial charge in [-0.25, -0.2) is 9.97 Å². The lowest BCUT2D eigenvalue weighted by Crippen LogP contribution is -1.96. The average molecular weight is 603 g/mol. The minimum atomic E-state index is 0.674. The molecule has 0 amide bonds. The van der Waals surface area contributed by atoms with Gasteiger partial charge in [0.25, 0.3) is 0 Å². The maximum absolute atomic E-state index is 6.42. The molecule has 0 atom stereocenters. The van der Waals surface area contributed by atoms with Gasteiger partial charge in [0, 0.05) is 38.1 Å². The van der Waals surface area contributed by atoms with Crippen LogP contribution in [0, 0.1) is 6.92 Å². The van der Waals surface area contributed by atoms with Crippen molar-refractivity contribution in [1.29, 1.82) is 0 Å². The van der Waals surface area contributed by atoms with Gasteiger partial charge >= 0.3 is 0 Å². The van der Waals surface area contributed by atoms with Gasteiger partial charge in [-0.05, 0) is 76.9 Å². The van der Waals surface area contributed by atoms with E-state index in [1.807, 2.05) is 30.3 Å². The quantitative estimate of drug-likeness (QED) is 0.202. The summed E-state index contributed by atoms with van der Waals surface area (Å²) in [6.07, 6.45) is 0. The molecule has 0 aliphatic carbocycles. The molecule has 0 saturated carbocycles. The van der Waals surface area contributed by atoms with E-state index in [-0.39, 0.29) is 0 Å². The minimum absolute atomic E-state index is 0.674. The van der Waals surface area contributed by atoms with E-state index in [0.717, 1.165) is 82.7 Å². The van der Waals surface area contributed by atoms with Crippen LogP contribution in [0.1, 0.15) is 5.56 Å². The topological polar surface area (TPSA) is 52.1 Å². The van der Waals surface area contributed by atoms with Crippen LogP contribution in [0.4, 0.5) is 0 Å². The number of hydrogen-bond donors (Lipinski definition) is 0. The Balaban J connectivity index is 1.20. The van der Waals surface area contributed by atoms with Crippen LogP contribution in [0.5, 0.6) is 0 Å². The van der Waals surface area contributed by atoms with Gasteiger partial charge in [0.15, 0.2) is 5.82 Å². The Kier molecular flexibility index (Phi) is 5.46. The molecule has 0 fully saturated rings. The van der Waals surface area contributed by atoms with Crippen molar-refractivity contribution in [1.82, 2.24) is 9.97 Å². The lowest BCUT2D eigenvalue weighted by molar-refractivity contribution is 0.668. The van der Waals surface area contributed by atoms with Crippen LogP contribution >= 0.6 is 0 Å². The second kappa shape index (κ2) is 9.87. The molecule has 3 heterocycles. The fourth-order valence-corrected chi connectivity index (χ4v) is 7.16. The lowest BCUT2D eigenvalue weighted by atomic mass is 9.96. The SMILES string of the molecule is Cc1ccc(-c2nc(-c3cccc4oc5ccc(-c6ccc7oc8ccccc8c7c6)cc5c34)nc3ccccc23)c2ccccc12. The number of para-hydroxylation sites is 2. The van der Waals surface area contributed by atoms with Crippen molar-refractivity contribution in [2.45, 2.75) is 6.92 Å². The summed E-state index contributed by atoms with van der Waals surface area (Å²) in [5.74, 6) is 0.674. The second-order valence-electron chi connectivity index (χ2n) is 12.2. The highest BCUT2D eigenvalue weighted by Gasteiger charge is 2.19. The number of fused-ring (bicyclic) bond motifs is 8. The molecule has 10 rings (SSSR count). The van der Waals surface area contributed by atoms with E-state index >= 15 is 0 Å². The molecule has 220 valence electrons. The summed E-state index contributed by atoms with van der Waals surface area (Å²) in [5.41, 5.74) is 10.8. The molecule has 0 saturated heterocycles. The Morgan fingerprint density at radius 2 is 1.06 bits per heavy atom. The van der Waals surface area contributed by atoms with Crippen molar-refractivity contribution in [3.63, 3.8) is 0 Å². The predicted octanol–water partition coefficient (Wildman–Crippen LogP) is 11.9. The normalized spacial score (nSPS) is 11.9. The fourth-order valence-electron chi connectivity index (χ4n) is 7.16. The first-order valence-electron chi connectivity index (χ1n) is 15.8. The maximum atomic E-state index is 6.42. The summed E-state index contributed by atoms with van der Waals surface area (Å²) in [6, 6.07) is 48.4. The van der Waals surface area contributed by atoms with Crippen LogP contribution in [0.15, 0.2) is 148 Å². The van der Waals surface area contributed by atoms with Crippen LogP contribution < -0.4 is 0 Å². The largest absolute Gasteiger partial charge is 0.456 e. The zero-order chi connectivity index (χ0) is 31.1. The van der Waals surface area contributed by atoms with Gasteiger partial charge in [0.05, 0.1) is 11.2 Å². The van der Waals surface area contributed by atoms with Crippen LogP contribution in [0.3, 0.4) is 0 Å². The molecule has 0 aliphatic rings. The van der Waals surface area contributed by atoms with Crippen molar-refractivity contribution in [3.8, 4) is 33.8 Å². The smallest absolute Gasteiger partial charge is 0.161 e. The molecular formula is C43H26N2O2. The zero-order valence-electron chi connectivity index (χ0n) is 25.5. The summed E-state index contributed by atoms with van der Waals surface area (Å²) in [6.45, 7) is 2.16. The molecule has 0 radical (unpaired) electrons.